The lowest BCUT2D eigenvalue weighted by Gasteiger charge is -2.00. The Balaban J connectivity index is 2.39. The topological polar surface area (TPSA) is 9.23 Å². The molecule has 0 aliphatic heterocycles. The van der Waals surface area contributed by atoms with Crippen LogP contribution < -0.4 is 4.74 Å². The molecule has 0 aliphatic carbocycles. The molecule has 0 unspecified atom stereocenters. The summed E-state index contributed by atoms with van der Waals surface area (Å²) in [6.45, 7) is 0.577. The van der Waals surface area contributed by atoms with Gasteiger partial charge in [-0.1, -0.05) is 18.2 Å². The molecule has 0 radical (unpaired) electrons. The van der Waals surface area contributed by atoms with Gasteiger partial charge in [0.15, 0.2) is 0 Å². The van der Waals surface area contributed by atoms with Gasteiger partial charge in [-0.05, 0) is 23.6 Å². The van der Waals surface area contributed by atoms with Crippen LogP contribution in [0.25, 0.3) is 0 Å². The van der Waals surface area contributed by atoms with Crippen molar-refractivity contribution < 1.29 is 4.74 Å². The average molecular weight is 166 g/mol. The highest BCUT2D eigenvalue weighted by Crippen LogP contribution is 2.07. The lowest BCUT2D eigenvalue weighted by atomic mass is 10.3. The summed E-state index contributed by atoms with van der Waals surface area (Å²) in [5.41, 5.74) is 0. The first-order valence-corrected chi connectivity index (χ1v) is 3.92. The molecule has 0 bridgehead atoms. The van der Waals surface area contributed by atoms with Crippen LogP contribution in [0.15, 0.2) is 41.8 Å². The smallest absolute Gasteiger partial charge is 0.119 e. The molecule has 1 aromatic carbocycles. The Morgan fingerprint density at radius 3 is 2.64 bits per heavy atom. The number of hydrogen-bond donors (Lipinski definition) is 1. The van der Waals surface area contributed by atoms with Gasteiger partial charge in [0.05, 0.1) is 0 Å². The second kappa shape index (κ2) is 4.85. The number of benzene rings is 1. The first-order chi connectivity index (χ1) is 5.43. The molecule has 58 valence electrons. The highest BCUT2D eigenvalue weighted by atomic mass is 32.1. The number of ether oxygens (including phenoxy) is 1. The highest BCUT2D eigenvalue weighted by molar-refractivity contribution is 7.83. The van der Waals surface area contributed by atoms with E-state index >= 15 is 0 Å². The summed E-state index contributed by atoms with van der Waals surface area (Å²) in [7, 11) is 0. The number of rotatable bonds is 3. The van der Waals surface area contributed by atoms with Crippen LogP contribution in [0, 0.1) is 0 Å². The van der Waals surface area contributed by atoms with Crippen molar-refractivity contribution in [3.63, 3.8) is 0 Å². The van der Waals surface area contributed by atoms with Crippen molar-refractivity contribution in [1.29, 1.82) is 0 Å². The van der Waals surface area contributed by atoms with Crippen molar-refractivity contribution in [2.75, 3.05) is 6.61 Å². The third-order valence-corrected chi connectivity index (χ3v) is 1.41. The van der Waals surface area contributed by atoms with Crippen LogP contribution in [0.1, 0.15) is 0 Å². The van der Waals surface area contributed by atoms with Crippen molar-refractivity contribution in [2.24, 2.45) is 0 Å². The minimum Gasteiger partial charge on any atom is -0.490 e. The van der Waals surface area contributed by atoms with Crippen molar-refractivity contribution in [3.8, 4) is 5.75 Å². The summed E-state index contributed by atoms with van der Waals surface area (Å²) in [5, 5.41) is 1.67. The molecule has 1 nitrogen and oxygen atoms in total. The molecule has 0 saturated carbocycles. The summed E-state index contributed by atoms with van der Waals surface area (Å²) in [6.07, 6.45) is 1.84. The summed E-state index contributed by atoms with van der Waals surface area (Å²) < 4.78 is 5.31. The fourth-order valence-electron chi connectivity index (χ4n) is 0.704. The molecule has 0 heterocycles. The van der Waals surface area contributed by atoms with Gasteiger partial charge in [0.25, 0.3) is 0 Å². The first kappa shape index (κ1) is 8.21. The van der Waals surface area contributed by atoms with Crippen LogP contribution in [0.2, 0.25) is 0 Å². The van der Waals surface area contributed by atoms with Crippen molar-refractivity contribution in [2.45, 2.75) is 0 Å². The van der Waals surface area contributed by atoms with Gasteiger partial charge in [-0.15, -0.1) is 0 Å². The SMILES string of the molecule is S/C=C/COc1ccccc1. The minimum absolute atomic E-state index is 0.577. The highest BCUT2D eigenvalue weighted by Gasteiger charge is 1.85. The van der Waals surface area contributed by atoms with Crippen LogP contribution >= 0.6 is 12.6 Å². The maximum absolute atomic E-state index is 5.31. The summed E-state index contributed by atoms with van der Waals surface area (Å²) in [6, 6.07) is 9.69. The fraction of sp³-hybridized carbons (Fsp3) is 0.111. The van der Waals surface area contributed by atoms with Crippen LogP contribution in [0.3, 0.4) is 0 Å². The second-order valence-electron chi connectivity index (χ2n) is 2.01. The van der Waals surface area contributed by atoms with Crippen LogP contribution in [-0.2, 0) is 0 Å². The van der Waals surface area contributed by atoms with Crippen LogP contribution in [0.4, 0.5) is 0 Å². The summed E-state index contributed by atoms with van der Waals surface area (Å²) in [4.78, 5) is 0. The van der Waals surface area contributed by atoms with E-state index in [1.54, 1.807) is 5.41 Å². The van der Waals surface area contributed by atoms with Crippen molar-refractivity contribution in [3.05, 3.63) is 41.8 Å². The standard InChI is InChI=1S/C9H10OS/c11-8-4-7-10-9-5-2-1-3-6-9/h1-6,8,11H,7H2/b8-4+. The predicted octanol–water partition coefficient (Wildman–Crippen LogP) is 2.51. The lowest BCUT2D eigenvalue weighted by molar-refractivity contribution is 0.363. The zero-order chi connectivity index (χ0) is 7.94. The molecule has 1 aromatic rings. The number of hydrogen-bond acceptors (Lipinski definition) is 2. The normalized spacial score (nSPS) is 10.3. The van der Waals surface area contributed by atoms with Gasteiger partial charge in [-0.25, -0.2) is 0 Å². The third-order valence-electron chi connectivity index (χ3n) is 1.19. The van der Waals surface area contributed by atoms with E-state index in [4.69, 9.17) is 4.74 Å². The lowest BCUT2D eigenvalue weighted by Crippen LogP contribution is -1.91. The Bertz CT molecular complexity index is 218. The molecule has 0 spiro atoms. The molecule has 0 aromatic heterocycles. The molecule has 0 saturated heterocycles. The van der Waals surface area contributed by atoms with Crippen molar-refractivity contribution in [1.82, 2.24) is 0 Å². The van der Waals surface area contributed by atoms with E-state index < -0.39 is 0 Å². The van der Waals surface area contributed by atoms with Crippen molar-refractivity contribution >= 4 is 12.6 Å². The third kappa shape index (κ3) is 3.14. The van der Waals surface area contributed by atoms with E-state index in [0.717, 1.165) is 5.75 Å². The molecule has 11 heavy (non-hydrogen) atoms. The number of para-hydroxylation sites is 1. The van der Waals surface area contributed by atoms with E-state index in [-0.39, 0.29) is 0 Å². The Morgan fingerprint density at radius 1 is 1.27 bits per heavy atom. The molecule has 0 atom stereocenters. The van der Waals surface area contributed by atoms with E-state index in [9.17, 15) is 0 Å². The maximum Gasteiger partial charge on any atom is 0.119 e. The fourth-order valence-corrected chi connectivity index (χ4v) is 0.790. The number of thiol groups is 1. The molecule has 0 aliphatic rings. The van der Waals surface area contributed by atoms with Gasteiger partial charge >= 0.3 is 0 Å². The van der Waals surface area contributed by atoms with Gasteiger partial charge < -0.3 is 4.74 Å². The maximum atomic E-state index is 5.31. The summed E-state index contributed by atoms with van der Waals surface area (Å²) in [5.74, 6) is 0.888. The Labute approximate surface area is 72.1 Å². The van der Waals surface area contributed by atoms with Gasteiger partial charge in [0.1, 0.15) is 12.4 Å². The first-order valence-electron chi connectivity index (χ1n) is 3.40. The van der Waals surface area contributed by atoms with Crippen LogP contribution in [0.5, 0.6) is 5.75 Å². The van der Waals surface area contributed by atoms with Crippen LogP contribution in [-0.4, -0.2) is 6.61 Å². The van der Waals surface area contributed by atoms with Gasteiger partial charge in [-0.3, -0.25) is 0 Å². The zero-order valence-electron chi connectivity index (χ0n) is 6.10. The Kier molecular flexibility index (Phi) is 3.62. The molecule has 0 amide bonds. The van der Waals surface area contributed by atoms with Gasteiger partial charge in [0.2, 0.25) is 0 Å². The molecule has 0 N–H and O–H groups in total. The molecule has 2 heteroatoms. The van der Waals surface area contributed by atoms with E-state index in [1.807, 2.05) is 36.4 Å². The monoisotopic (exact) mass is 166 g/mol. The zero-order valence-corrected chi connectivity index (χ0v) is 7.00. The molecule has 1 rings (SSSR count). The molecular weight excluding hydrogens is 156 g/mol. The minimum atomic E-state index is 0.577. The molecular formula is C9H10OS. The van der Waals surface area contributed by atoms with Gasteiger partial charge in [0, 0.05) is 0 Å². The van der Waals surface area contributed by atoms with E-state index in [1.165, 1.54) is 0 Å². The summed E-state index contributed by atoms with van der Waals surface area (Å²) >= 11 is 3.91. The van der Waals surface area contributed by atoms with Gasteiger partial charge in [-0.2, -0.15) is 12.6 Å². The Morgan fingerprint density at radius 2 is 2.00 bits per heavy atom. The largest absolute Gasteiger partial charge is 0.490 e. The predicted molar refractivity (Wildman–Crippen MR) is 50.1 cm³/mol. The quantitative estimate of drug-likeness (QED) is 0.679. The van der Waals surface area contributed by atoms with E-state index in [2.05, 4.69) is 12.6 Å². The second-order valence-corrected chi connectivity index (χ2v) is 2.31. The molecule has 0 fully saturated rings. The Hall–Kier alpha value is -0.890. The van der Waals surface area contributed by atoms with E-state index in [0.29, 0.717) is 6.61 Å². The average Bonchev–Trinajstić information content (AvgIpc) is 2.07.